The number of nitrogens with one attached hydrogen (secondary N) is 1. The lowest BCUT2D eigenvalue weighted by Gasteiger charge is -2.14. The second kappa shape index (κ2) is 3.09. The number of hydrogen-bond acceptors (Lipinski definition) is 3. The maximum absolute atomic E-state index is 8.80. The first-order chi connectivity index (χ1) is 5.08. The summed E-state index contributed by atoms with van der Waals surface area (Å²) >= 11 is 0. The summed E-state index contributed by atoms with van der Waals surface area (Å²) in [4.78, 5) is 0. The lowest BCUT2D eigenvalue weighted by molar-refractivity contribution is 0.262. The molecule has 0 aliphatic heterocycles. The van der Waals surface area contributed by atoms with Gasteiger partial charge < -0.3 is 16.2 Å². The molecule has 66 valence electrons. The highest BCUT2D eigenvalue weighted by molar-refractivity contribution is 5.09. The highest BCUT2D eigenvalue weighted by atomic mass is 16.3. The summed E-state index contributed by atoms with van der Waals surface area (Å²) < 4.78 is 0. The molecule has 0 unspecified atom stereocenters. The number of rotatable bonds is 4. The van der Waals surface area contributed by atoms with Crippen molar-refractivity contribution in [2.75, 3.05) is 13.2 Å². The molecule has 2 atom stereocenters. The summed E-state index contributed by atoms with van der Waals surface area (Å²) in [5.74, 6) is 0.328. The second-order valence-electron chi connectivity index (χ2n) is 3.85. The third kappa shape index (κ3) is 2.15. The fourth-order valence-corrected chi connectivity index (χ4v) is 1.26. The smallest absolute Gasteiger partial charge is 0.0478 e. The molecule has 1 saturated carbocycles. The molecule has 0 bridgehead atoms. The van der Waals surface area contributed by atoms with Gasteiger partial charge in [0, 0.05) is 30.7 Å². The maximum atomic E-state index is 8.80. The van der Waals surface area contributed by atoms with Gasteiger partial charge in [-0.15, -0.1) is 0 Å². The maximum Gasteiger partial charge on any atom is 0.0478 e. The quantitative estimate of drug-likeness (QED) is 0.526. The van der Waals surface area contributed by atoms with Crippen LogP contribution in [0.2, 0.25) is 0 Å². The van der Waals surface area contributed by atoms with Crippen molar-refractivity contribution in [1.29, 1.82) is 0 Å². The molecule has 3 nitrogen and oxygen atoms in total. The van der Waals surface area contributed by atoms with E-state index in [4.69, 9.17) is 10.8 Å². The minimum absolute atomic E-state index is 0.112. The van der Waals surface area contributed by atoms with Crippen LogP contribution in [0.25, 0.3) is 0 Å². The molecule has 1 fully saturated rings. The Labute approximate surface area is 68.0 Å². The highest BCUT2D eigenvalue weighted by Crippen LogP contribution is 2.39. The molecule has 0 saturated heterocycles. The summed E-state index contributed by atoms with van der Waals surface area (Å²) in [5, 5.41) is 12.1. The lowest BCUT2D eigenvalue weighted by Crippen LogP contribution is -2.41. The molecule has 11 heavy (non-hydrogen) atoms. The van der Waals surface area contributed by atoms with Gasteiger partial charge in [-0.05, 0) is 6.42 Å². The van der Waals surface area contributed by atoms with Gasteiger partial charge in [-0.2, -0.15) is 0 Å². The molecule has 0 aromatic heterocycles. The monoisotopic (exact) mass is 158 g/mol. The molecule has 0 aromatic carbocycles. The molecule has 0 spiro atoms. The van der Waals surface area contributed by atoms with Gasteiger partial charge in [-0.3, -0.25) is 0 Å². The van der Waals surface area contributed by atoms with Crippen LogP contribution in [-0.2, 0) is 0 Å². The molecule has 0 amide bonds. The average Bonchev–Trinajstić information content (AvgIpc) is 2.59. The van der Waals surface area contributed by atoms with E-state index in [-0.39, 0.29) is 12.1 Å². The van der Waals surface area contributed by atoms with Crippen molar-refractivity contribution in [3.63, 3.8) is 0 Å². The largest absolute Gasteiger partial charge is 0.396 e. The minimum atomic E-state index is -0.112. The number of aliphatic hydroxyl groups excluding tert-OH is 1. The molecule has 0 heterocycles. The fraction of sp³-hybridized carbons (Fsp3) is 1.00. The van der Waals surface area contributed by atoms with E-state index in [1.807, 2.05) is 0 Å². The zero-order valence-corrected chi connectivity index (χ0v) is 7.30. The first kappa shape index (κ1) is 8.97. The molecule has 1 aliphatic rings. The highest BCUT2D eigenvalue weighted by Gasteiger charge is 2.49. The SMILES string of the molecule is CC(C)NC[C@]1(N)C[C@H]1CO. The third-order valence-electron chi connectivity index (χ3n) is 2.34. The number of nitrogens with two attached hydrogens (primary N) is 1. The van der Waals surface area contributed by atoms with Crippen LogP contribution in [0.3, 0.4) is 0 Å². The predicted molar refractivity (Wildman–Crippen MR) is 45.2 cm³/mol. The Hall–Kier alpha value is -0.120. The zero-order valence-electron chi connectivity index (χ0n) is 7.30. The lowest BCUT2D eigenvalue weighted by atomic mass is 10.2. The molecule has 0 aromatic rings. The van der Waals surface area contributed by atoms with Crippen LogP contribution in [0.4, 0.5) is 0 Å². The normalized spacial score (nSPS) is 36.3. The molecule has 1 rings (SSSR count). The molecule has 1 aliphatic carbocycles. The van der Waals surface area contributed by atoms with Crippen molar-refractivity contribution in [3.8, 4) is 0 Å². The van der Waals surface area contributed by atoms with E-state index in [2.05, 4.69) is 19.2 Å². The average molecular weight is 158 g/mol. The van der Waals surface area contributed by atoms with E-state index in [0.29, 0.717) is 12.0 Å². The van der Waals surface area contributed by atoms with Gasteiger partial charge in [-0.25, -0.2) is 0 Å². The Morgan fingerprint density at radius 2 is 2.36 bits per heavy atom. The Morgan fingerprint density at radius 1 is 1.73 bits per heavy atom. The number of aliphatic hydroxyl groups is 1. The predicted octanol–water partition coefficient (Wildman–Crippen LogP) is -0.306. The van der Waals surface area contributed by atoms with Crippen molar-refractivity contribution in [1.82, 2.24) is 5.32 Å². The molecule has 0 radical (unpaired) electrons. The Balaban J connectivity index is 2.18. The van der Waals surface area contributed by atoms with E-state index in [1.54, 1.807) is 0 Å². The molecular weight excluding hydrogens is 140 g/mol. The Morgan fingerprint density at radius 3 is 2.73 bits per heavy atom. The van der Waals surface area contributed by atoms with E-state index < -0.39 is 0 Å². The minimum Gasteiger partial charge on any atom is -0.396 e. The molecular formula is C8H18N2O. The molecule has 3 heteroatoms. The van der Waals surface area contributed by atoms with E-state index in [1.165, 1.54) is 0 Å². The van der Waals surface area contributed by atoms with Gasteiger partial charge in [0.1, 0.15) is 0 Å². The summed E-state index contributed by atoms with van der Waals surface area (Å²) in [5.41, 5.74) is 5.82. The fourth-order valence-electron chi connectivity index (χ4n) is 1.26. The number of hydrogen-bond donors (Lipinski definition) is 3. The topological polar surface area (TPSA) is 58.3 Å². The summed E-state index contributed by atoms with van der Waals surface area (Å²) in [7, 11) is 0. The van der Waals surface area contributed by atoms with Crippen LogP contribution in [-0.4, -0.2) is 29.8 Å². The van der Waals surface area contributed by atoms with Gasteiger partial charge in [0.05, 0.1) is 0 Å². The summed E-state index contributed by atoms with van der Waals surface area (Å²) in [6.45, 7) is 5.26. The van der Waals surface area contributed by atoms with Crippen molar-refractivity contribution < 1.29 is 5.11 Å². The standard InChI is InChI=1S/C8H18N2O/c1-6(2)10-5-8(9)3-7(8)4-11/h6-7,10-11H,3-5,9H2,1-2H3/t7-,8+/m0/s1. The second-order valence-corrected chi connectivity index (χ2v) is 3.85. The zero-order chi connectivity index (χ0) is 8.48. The Bertz CT molecular complexity index is 138. The first-order valence-electron chi connectivity index (χ1n) is 4.21. The van der Waals surface area contributed by atoms with E-state index in [9.17, 15) is 0 Å². The van der Waals surface area contributed by atoms with E-state index >= 15 is 0 Å². The van der Waals surface area contributed by atoms with Crippen LogP contribution >= 0.6 is 0 Å². The molecule has 4 N–H and O–H groups in total. The van der Waals surface area contributed by atoms with Crippen molar-refractivity contribution >= 4 is 0 Å². The first-order valence-corrected chi connectivity index (χ1v) is 4.21. The van der Waals surface area contributed by atoms with Gasteiger partial charge in [0.25, 0.3) is 0 Å². The third-order valence-corrected chi connectivity index (χ3v) is 2.34. The van der Waals surface area contributed by atoms with Crippen LogP contribution < -0.4 is 11.1 Å². The van der Waals surface area contributed by atoms with Crippen LogP contribution in [0.5, 0.6) is 0 Å². The van der Waals surface area contributed by atoms with Crippen molar-refractivity contribution in [3.05, 3.63) is 0 Å². The van der Waals surface area contributed by atoms with Crippen molar-refractivity contribution in [2.24, 2.45) is 11.7 Å². The summed E-state index contributed by atoms with van der Waals surface area (Å²) in [6.07, 6.45) is 0.962. The van der Waals surface area contributed by atoms with Gasteiger partial charge >= 0.3 is 0 Å². The van der Waals surface area contributed by atoms with Gasteiger partial charge in [-0.1, -0.05) is 13.8 Å². The van der Waals surface area contributed by atoms with Gasteiger partial charge in [0.15, 0.2) is 0 Å². The summed E-state index contributed by atoms with van der Waals surface area (Å²) in [6, 6.07) is 0.482. The Kier molecular flexibility index (Phi) is 2.52. The van der Waals surface area contributed by atoms with Crippen molar-refractivity contribution in [2.45, 2.75) is 31.8 Å². The van der Waals surface area contributed by atoms with E-state index in [0.717, 1.165) is 13.0 Å². The van der Waals surface area contributed by atoms with Crippen LogP contribution in [0.1, 0.15) is 20.3 Å². The van der Waals surface area contributed by atoms with Gasteiger partial charge in [0.2, 0.25) is 0 Å². The van der Waals surface area contributed by atoms with Crippen LogP contribution in [0, 0.1) is 5.92 Å². The van der Waals surface area contributed by atoms with Crippen LogP contribution in [0.15, 0.2) is 0 Å².